The van der Waals surface area contributed by atoms with Gasteiger partial charge in [0.15, 0.2) is 17.5 Å². The minimum absolute atomic E-state index is 0.639. The van der Waals surface area contributed by atoms with Crippen LogP contribution in [0.3, 0.4) is 0 Å². The molecule has 34 heavy (non-hydrogen) atoms. The van der Waals surface area contributed by atoms with E-state index in [4.69, 9.17) is 4.74 Å². The number of aryl methyl sites for hydroxylation is 2. The highest BCUT2D eigenvalue weighted by atomic mass is 16.5. The molecule has 2 aliphatic rings. The minimum atomic E-state index is -0.639. The van der Waals surface area contributed by atoms with Gasteiger partial charge in [0.05, 0.1) is 17.3 Å². The fraction of sp³-hybridized carbons (Fsp3) is 0.103. The Kier molecular flexibility index (Phi) is 3.16. The van der Waals surface area contributed by atoms with E-state index in [0.717, 1.165) is 28.2 Å². The van der Waals surface area contributed by atoms with E-state index in [1.54, 1.807) is 0 Å². The first-order valence-corrected chi connectivity index (χ1v) is 11.6. The van der Waals surface area contributed by atoms with Gasteiger partial charge in [-0.15, -0.1) is 4.68 Å². The Morgan fingerprint density at radius 2 is 1.68 bits per heavy atom. The van der Waals surface area contributed by atoms with E-state index in [0.29, 0.717) is 0 Å². The van der Waals surface area contributed by atoms with Crippen molar-refractivity contribution in [2.45, 2.75) is 19.5 Å². The smallest absolute Gasteiger partial charge is 0.404 e. The average molecular weight is 443 g/mol. The molecule has 0 saturated heterocycles. The lowest BCUT2D eigenvalue weighted by atomic mass is 9.87. The molecule has 0 saturated carbocycles. The first-order valence-electron chi connectivity index (χ1n) is 11.6. The number of hydrogen-bond donors (Lipinski definition) is 1. The first-order chi connectivity index (χ1) is 16.7. The van der Waals surface area contributed by atoms with Crippen LogP contribution in [0.5, 0.6) is 11.6 Å². The number of aromatic nitrogens is 4. The maximum atomic E-state index is 6.57. The molecular weight excluding hydrogens is 420 g/mol. The van der Waals surface area contributed by atoms with Crippen LogP contribution in [0.15, 0.2) is 91.1 Å². The van der Waals surface area contributed by atoms with Crippen LogP contribution in [-0.4, -0.2) is 9.67 Å². The highest BCUT2D eigenvalue weighted by Crippen LogP contribution is 2.48. The number of fused-ring (bicyclic) bond motifs is 13. The number of rotatable bonds is 0. The predicted octanol–water partition coefficient (Wildman–Crippen LogP) is 5.02. The normalized spacial score (nSPS) is 17.5. The quantitative estimate of drug-likeness (QED) is 0.329. The van der Waals surface area contributed by atoms with Gasteiger partial charge >= 0.3 is 11.5 Å². The summed E-state index contributed by atoms with van der Waals surface area (Å²) in [6.45, 7) is 4.38. The van der Waals surface area contributed by atoms with E-state index >= 15 is 0 Å². The van der Waals surface area contributed by atoms with Crippen LogP contribution in [0.2, 0.25) is 0 Å². The van der Waals surface area contributed by atoms with Gasteiger partial charge in [0, 0.05) is 35.3 Å². The number of pyridine rings is 1. The summed E-state index contributed by atoms with van der Waals surface area (Å²) in [4.78, 5) is 3.76. The average Bonchev–Trinajstić information content (AvgIpc) is 3.49. The van der Waals surface area contributed by atoms with Gasteiger partial charge in [-0.2, -0.15) is 0 Å². The molecule has 5 nitrogen and oxygen atoms in total. The number of nitrogens with zero attached hydrogens (tertiary/aromatic N) is 3. The monoisotopic (exact) mass is 442 g/mol. The van der Waals surface area contributed by atoms with Gasteiger partial charge in [0.2, 0.25) is 5.69 Å². The van der Waals surface area contributed by atoms with Gasteiger partial charge in [-0.25, -0.2) is 0 Å². The Labute approximate surface area is 196 Å². The van der Waals surface area contributed by atoms with Gasteiger partial charge < -0.3 is 9.72 Å². The molecule has 2 aliphatic heterocycles. The third-order valence-corrected chi connectivity index (χ3v) is 7.48. The Hall–Kier alpha value is -4.38. The molecule has 1 N–H and O–H groups in total. The molecular formula is C29H22N4O+2. The van der Waals surface area contributed by atoms with Crippen molar-refractivity contribution in [3.05, 3.63) is 114 Å². The second-order valence-corrected chi connectivity index (χ2v) is 9.28. The Balaban J connectivity index is 1.66. The van der Waals surface area contributed by atoms with Crippen molar-refractivity contribution in [2.75, 3.05) is 0 Å². The summed E-state index contributed by atoms with van der Waals surface area (Å²) in [5, 5.41) is 2.42. The summed E-state index contributed by atoms with van der Waals surface area (Å²) < 4.78 is 13.6. The van der Waals surface area contributed by atoms with Crippen LogP contribution in [0, 0.1) is 13.8 Å². The fourth-order valence-electron chi connectivity index (χ4n) is 6.32. The number of aromatic amines is 1. The first kappa shape index (κ1) is 18.1. The van der Waals surface area contributed by atoms with Gasteiger partial charge in [-0.1, -0.05) is 34.9 Å². The lowest BCUT2D eigenvalue weighted by Crippen LogP contribution is -2.76. The summed E-state index contributed by atoms with van der Waals surface area (Å²) in [6.07, 6.45) is 2.14. The molecule has 1 spiro atoms. The molecule has 0 amide bonds. The summed E-state index contributed by atoms with van der Waals surface area (Å²) in [5.74, 6) is 1.69. The zero-order valence-electron chi connectivity index (χ0n) is 18.9. The van der Waals surface area contributed by atoms with E-state index < -0.39 is 5.66 Å². The molecule has 1 atom stereocenters. The van der Waals surface area contributed by atoms with Crippen molar-refractivity contribution in [2.24, 2.45) is 0 Å². The molecule has 0 radical (unpaired) electrons. The number of ether oxygens (including phenoxy) is 1. The molecule has 0 aliphatic carbocycles. The lowest BCUT2D eigenvalue weighted by molar-refractivity contribution is -0.999. The predicted molar refractivity (Wildman–Crippen MR) is 130 cm³/mol. The molecule has 0 fully saturated rings. The van der Waals surface area contributed by atoms with Crippen LogP contribution >= 0.6 is 0 Å². The summed E-state index contributed by atoms with van der Waals surface area (Å²) in [7, 11) is 0. The molecule has 6 aromatic rings. The number of benzene rings is 3. The summed E-state index contributed by atoms with van der Waals surface area (Å²) >= 11 is 0. The van der Waals surface area contributed by atoms with Gasteiger partial charge in [-0.05, 0) is 48.0 Å². The van der Waals surface area contributed by atoms with E-state index in [1.165, 1.54) is 33.4 Å². The van der Waals surface area contributed by atoms with Gasteiger partial charge in [-0.3, -0.25) is 0 Å². The molecule has 0 bridgehead atoms. The van der Waals surface area contributed by atoms with E-state index in [2.05, 4.69) is 118 Å². The van der Waals surface area contributed by atoms with Crippen molar-refractivity contribution >= 4 is 21.8 Å². The van der Waals surface area contributed by atoms with Crippen molar-refractivity contribution in [1.29, 1.82) is 0 Å². The number of hydrogen-bond acceptors (Lipinski definition) is 1. The van der Waals surface area contributed by atoms with Crippen LogP contribution in [-0.2, 0) is 5.66 Å². The van der Waals surface area contributed by atoms with Crippen LogP contribution in [0.1, 0.15) is 22.5 Å². The van der Waals surface area contributed by atoms with Crippen molar-refractivity contribution < 1.29 is 14.0 Å². The zero-order chi connectivity index (χ0) is 22.6. The molecule has 3 aromatic heterocycles. The van der Waals surface area contributed by atoms with E-state index in [-0.39, 0.29) is 0 Å². The number of nitrogens with one attached hydrogen (secondary N) is 1. The van der Waals surface area contributed by atoms with Crippen LogP contribution < -0.4 is 14.0 Å². The Bertz CT molecular complexity index is 1830. The topological polar surface area (TPSA) is 37.7 Å². The summed E-state index contributed by atoms with van der Waals surface area (Å²) in [5.41, 5.74) is 7.54. The fourth-order valence-corrected chi connectivity index (χ4v) is 6.32. The second-order valence-electron chi connectivity index (χ2n) is 9.28. The molecule has 3 aromatic carbocycles. The molecule has 162 valence electrons. The van der Waals surface area contributed by atoms with Crippen LogP contribution in [0.25, 0.3) is 27.5 Å². The van der Waals surface area contributed by atoms with Crippen LogP contribution in [0.4, 0.5) is 0 Å². The van der Waals surface area contributed by atoms with E-state index in [9.17, 15) is 0 Å². The standard InChI is InChI=1S/C29H22N4O/c1-18-17-19(2)33-29(22-10-4-6-12-24(22)32(18)33)27-25(34-26-13-7-8-16-31(26)29)15-14-21-20-9-3-5-11-23(20)30-28(21)27/h3-17,30H,1-2H3/q+2. The Morgan fingerprint density at radius 3 is 2.62 bits per heavy atom. The van der Waals surface area contributed by atoms with Crippen molar-refractivity contribution in [3.63, 3.8) is 0 Å². The highest BCUT2D eigenvalue weighted by Gasteiger charge is 2.68. The SMILES string of the molecule is Cc1cc(C)[n+]2n1-c1ccccc1C21c2c(ccc3c2[nH]c2ccccc23)Oc2cccc[n+]21. The third-order valence-electron chi connectivity index (χ3n) is 7.48. The lowest BCUT2D eigenvalue weighted by Gasteiger charge is -2.27. The van der Waals surface area contributed by atoms with Gasteiger partial charge in [0.1, 0.15) is 11.3 Å². The number of H-pyrrole nitrogens is 1. The third kappa shape index (κ3) is 1.90. The molecule has 5 heteroatoms. The minimum Gasteiger partial charge on any atom is -0.404 e. The molecule has 1 unspecified atom stereocenters. The van der Waals surface area contributed by atoms with Crippen molar-refractivity contribution in [3.8, 4) is 17.3 Å². The highest BCUT2D eigenvalue weighted by molar-refractivity contribution is 6.09. The maximum absolute atomic E-state index is 6.57. The largest absolute Gasteiger partial charge is 0.447 e. The maximum Gasteiger partial charge on any atom is 0.447 e. The second kappa shape index (κ2) is 5.94. The zero-order valence-corrected chi connectivity index (χ0v) is 18.9. The number of para-hydroxylation sites is 2. The summed E-state index contributed by atoms with van der Waals surface area (Å²) in [6, 6.07) is 30.0. The van der Waals surface area contributed by atoms with Crippen molar-refractivity contribution in [1.82, 2.24) is 9.67 Å². The molecule has 8 rings (SSSR count). The van der Waals surface area contributed by atoms with Gasteiger partial charge in [0.25, 0.3) is 0 Å². The Morgan fingerprint density at radius 1 is 0.853 bits per heavy atom. The molecule has 5 heterocycles. The van der Waals surface area contributed by atoms with E-state index in [1.807, 2.05) is 6.07 Å².